The lowest BCUT2D eigenvalue weighted by Crippen LogP contribution is -2.39. The SMILES string of the molecule is COC(=O)CCN(C)C1CCC(Nc2ncc3ncnc(Nc4ccc(F)c(Cl)c4)c3n2)CC1. The van der Waals surface area contributed by atoms with Gasteiger partial charge in [0.05, 0.1) is 24.8 Å². The van der Waals surface area contributed by atoms with E-state index in [0.717, 1.165) is 25.7 Å². The standard InChI is InChI=1S/C23H27ClFN7O2/c1-32(10-9-20(33)34-2)16-6-3-14(4-7-16)30-23-26-12-19-21(31-23)22(28-13-27-19)29-15-5-8-18(25)17(24)11-15/h5,8,11-14,16H,3-4,6-7,9-10H2,1-2H3,(H,26,30,31)(H,27,28,29). The van der Waals surface area contributed by atoms with Gasteiger partial charge in [0.1, 0.15) is 23.2 Å². The summed E-state index contributed by atoms with van der Waals surface area (Å²) in [5, 5.41) is 6.58. The molecule has 2 N–H and O–H groups in total. The average Bonchev–Trinajstić information content (AvgIpc) is 2.85. The summed E-state index contributed by atoms with van der Waals surface area (Å²) >= 11 is 5.89. The normalized spacial score (nSPS) is 18.1. The Labute approximate surface area is 202 Å². The number of aromatic nitrogens is 4. The molecule has 1 aromatic carbocycles. The van der Waals surface area contributed by atoms with E-state index < -0.39 is 5.82 Å². The zero-order chi connectivity index (χ0) is 24.1. The molecule has 2 aromatic heterocycles. The van der Waals surface area contributed by atoms with Crippen LogP contribution in [0.1, 0.15) is 32.1 Å². The van der Waals surface area contributed by atoms with Crippen molar-refractivity contribution in [2.75, 3.05) is 31.3 Å². The highest BCUT2D eigenvalue weighted by atomic mass is 35.5. The largest absolute Gasteiger partial charge is 0.469 e. The molecule has 1 aliphatic carbocycles. The minimum absolute atomic E-state index is 0.0203. The van der Waals surface area contributed by atoms with Gasteiger partial charge < -0.3 is 20.3 Å². The molecule has 9 nitrogen and oxygen atoms in total. The first-order chi connectivity index (χ1) is 16.4. The predicted octanol–water partition coefficient (Wildman–Crippen LogP) is 4.17. The second kappa shape index (κ2) is 10.9. The molecule has 0 amide bonds. The van der Waals surface area contributed by atoms with Gasteiger partial charge >= 0.3 is 5.97 Å². The van der Waals surface area contributed by atoms with E-state index in [1.54, 1.807) is 12.3 Å². The summed E-state index contributed by atoms with van der Waals surface area (Å²) in [4.78, 5) is 31.2. The van der Waals surface area contributed by atoms with Crippen molar-refractivity contribution < 1.29 is 13.9 Å². The molecule has 3 aromatic rings. The van der Waals surface area contributed by atoms with Gasteiger partial charge in [-0.1, -0.05) is 11.6 Å². The Bertz CT molecular complexity index is 1160. The van der Waals surface area contributed by atoms with Crippen molar-refractivity contribution in [2.24, 2.45) is 0 Å². The number of esters is 1. The van der Waals surface area contributed by atoms with Crippen molar-refractivity contribution in [3.63, 3.8) is 0 Å². The van der Waals surface area contributed by atoms with Crippen molar-refractivity contribution >= 4 is 46.1 Å². The third kappa shape index (κ3) is 5.87. The Balaban J connectivity index is 1.40. The third-order valence-electron chi connectivity index (χ3n) is 6.11. The minimum Gasteiger partial charge on any atom is -0.469 e. The van der Waals surface area contributed by atoms with Gasteiger partial charge in [0.2, 0.25) is 5.95 Å². The summed E-state index contributed by atoms with van der Waals surface area (Å²) in [6.07, 6.45) is 7.46. The lowest BCUT2D eigenvalue weighted by molar-refractivity contribution is -0.141. The molecule has 0 spiro atoms. The first-order valence-corrected chi connectivity index (χ1v) is 11.5. The lowest BCUT2D eigenvalue weighted by atomic mass is 9.90. The zero-order valence-electron chi connectivity index (χ0n) is 19.1. The van der Waals surface area contributed by atoms with Crippen LogP contribution in [0.3, 0.4) is 0 Å². The van der Waals surface area contributed by atoms with E-state index in [1.165, 1.54) is 25.6 Å². The topological polar surface area (TPSA) is 105 Å². The zero-order valence-corrected chi connectivity index (χ0v) is 19.8. The molecule has 1 fully saturated rings. The predicted molar refractivity (Wildman–Crippen MR) is 129 cm³/mol. The molecular weight excluding hydrogens is 461 g/mol. The molecule has 0 saturated heterocycles. The van der Waals surface area contributed by atoms with Crippen LogP contribution in [-0.4, -0.2) is 63.6 Å². The van der Waals surface area contributed by atoms with Crippen molar-refractivity contribution in [2.45, 2.75) is 44.2 Å². The smallest absolute Gasteiger partial charge is 0.306 e. The van der Waals surface area contributed by atoms with Crippen LogP contribution in [0.25, 0.3) is 11.0 Å². The number of hydrogen-bond acceptors (Lipinski definition) is 9. The van der Waals surface area contributed by atoms with Crippen LogP contribution in [0.4, 0.5) is 21.8 Å². The average molecular weight is 488 g/mol. The highest BCUT2D eigenvalue weighted by molar-refractivity contribution is 6.31. The van der Waals surface area contributed by atoms with Crippen LogP contribution in [-0.2, 0) is 9.53 Å². The summed E-state index contributed by atoms with van der Waals surface area (Å²) in [7, 11) is 3.47. The van der Waals surface area contributed by atoms with Gasteiger partial charge in [-0.15, -0.1) is 0 Å². The second-order valence-corrected chi connectivity index (χ2v) is 8.77. The van der Waals surface area contributed by atoms with Crippen LogP contribution in [0, 0.1) is 5.82 Å². The quantitative estimate of drug-likeness (QED) is 0.453. The minimum atomic E-state index is -0.488. The van der Waals surface area contributed by atoms with Gasteiger partial charge in [0.25, 0.3) is 0 Å². The monoisotopic (exact) mass is 487 g/mol. The fraction of sp³-hybridized carbons (Fsp3) is 0.435. The number of ether oxygens (including phenoxy) is 1. The number of nitrogens with one attached hydrogen (secondary N) is 2. The molecule has 0 atom stereocenters. The van der Waals surface area contributed by atoms with Gasteiger partial charge in [-0.3, -0.25) is 4.79 Å². The van der Waals surface area contributed by atoms with E-state index in [-0.39, 0.29) is 17.0 Å². The van der Waals surface area contributed by atoms with Crippen LogP contribution >= 0.6 is 11.6 Å². The summed E-state index contributed by atoms with van der Waals surface area (Å²) in [5.41, 5.74) is 1.73. The van der Waals surface area contributed by atoms with E-state index in [0.29, 0.717) is 47.5 Å². The van der Waals surface area contributed by atoms with Gasteiger partial charge in [0.15, 0.2) is 5.82 Å². The second-order valence-electron chi connectivity index (χ2n) is 8.36. The number of nitrogens with zero attached hydrogens (tertiary/aromatic N) is 5. The fourth-order valence-electron chi connectivity index (χ4n) is 4.12. The number of carbonyl (C=O) groups excluding carboxylic acids is 1. The summed E-state index contributed by atoms with van der Waals surface area (Å²) < 4.78 is 18.2. The molecular formula is C23H27ClFN7O2. The third-order valence-corrected chi connectivity index (χ3v) is 6.40. The molecule has 0 bridgehead atoms. The molecule has 180 valence electrons. The number of benzene rings is 1. The van der Waals surface area contributed by atoms with Crippen LogP contribution < -0.4 is 10.6 Å². The highest BCUT2D eigenvalue weighted by Gasteiger charge is 2.25. The van der Waals surface area contributed by atoms with Gasteiger partial charge in [-0.25, -0.2) is 24.3 Å². The molecule has 0 aliphatic heterocycles. The molecule has 1 aliphatic rings. The number of halogens is 2. The molecule has 34 heavy (non-hydrogen) atoms. The molecule has 11 heteroatoms. The maximum absolute atomic E-state index is 13.5. The van der Waals surface area contributed by atoms with Crippen molar-refractivity contribution in [3.8, 4) is 0 Å². The Morgan fingerprint density at radius 1 is 1.24 bits per heavy atom. The number of anilines is 3. The van der Waals surface area contributed by atoms with Gasteiger partial charge in [0, 0.05) is 24.3 Å². The van der Waals surface area contributed by atoms with E-state index in [4.69, 9.17) is 16.3 Å². The summed E-state index contributed by atoms with van der Waals surface area (Å²) in [6, 6.07) is 5.05. The Hall–Kier alpha value is -3.11. The first kappa shape index (κ1) is 24.0. The number of rotatable bonds is 8. The molecule has 2 heterocycles. The molecule has 1 saturated carbocycles. The van der Waals surface area contributed by atoms with Crippen LogP contribution in [0.15, 0.2) is 30.7 Å². The van der Waals surface area contributed by atoms with E-state index in [9.17, 15) is 9.18 Å². The van der Waals surface area contributed by atoms with Gasteiger partial charge in [-0.05, 0) is 50.9 Å². The number of carbonyl (C=O) groups is 1. The fourth-order valence-corrected chi connectivity index (χ4v) is 4.30. The van der Waals surface area contributed by atoms with Crippen molar-refractivity contribution in [1.82, 2.24) is 24.8 Å². The van der Waals surface area contributed by atoms with Crippen LogP contribution in [0.2, 0.25) is 5.02 Å². The Morgan fingerprint density at radius 3 is 2.76 bits per heavy atom. The van der Waals surface area contributed by atoms with Crippen molar-refractivity contribution in [1.29, 1.82) is 0 Å². The molecule has 4 rings (SSSR count). The van der Waals surface area contributed by atoms with E-state index in [2.05, 4.69) is 42.5 Å². The number of hydrogen-bond donors (Lipinski definition) is 2. The Morgan fingerprint density at radius 2 is 2.03 bits per heavy atom. The van der Waals surface area contributed by atoms with Crippen molar-refractivity contribution in [3.05, 3.63) is 41.6 Å². The molecule has 0 unspecified atom stereocenters. The van der Waals surface area contributed by atoms with E-state index in [1.807, 2.05) is 0 Å². The first-order valence-electron chi connectivity index (χ1n) is 11.2. The highest BCUT2D eigenvalue weighted by Crippen LogP contribution is 2.27. The maximum Gasteiger partial charge on any atom is 0.306 e. The van der Waals surface area contributed by atoms with Gasteiger partial charge in [-0.2, -0.15) is 0 Å². The van der Waals surface area contributed by atoms with Crippen LogP contribution in [0.5, 0.6) is 0 Å². The number of methoxy groups -OCH3 is 1. The van der Waals surface area contributed by atoms with E-state index >= 15 is 0 Å². The lowest BCUT2D eigenvalue weighted by Gasteiger charge is -2.34. The summed E-state index contributed by atoms with van der Waals surface area (Å²) in [6.45, 7) is 0.693. The maximum atomic E-state index is 13.5. The Kier molecular flexibility index (Phi) is 7.69. The number of fused-ring (bicyclic) bond motifs is 1. The molecule has 0 radical (unpaired) electrons. The summed E-state index contributed by atoms with van der Waals surface area (Å²) in [5.74, 6) is 0.313.